The van der Waals surface area contributed by atoms with Gasteiger partial charge < -0.3 is 14.7 Å². The number of halogens is 2. The molecule has 7 nitrogen and oxygen atoms in total. The number of benzene rings is 2. The predicted molar refractivity (Wildman–Crippen MR) is 140 cm³/mol. The fourth-order valence-corrected chi connectivity index (χ4v) is 5.53. The van der Waals surface area contributed by atoms with E-state index in [1.807, 2.05) is 18.2 Å². The summed E-state index contributed by atoms with van der Waals surface area (Å²) in [5.74, 6) is -0.237. The molecule has 1 unspecified atom stereocenters. The minimum Gasteiger partial charge on any atom is -0.384 e. The van der Waals surface area contributed by atoms with Gasteiger partial charge in [0.05, 0.1) is 23.8 Å². The molecule has 1 N–H and O–H groups in total. The minimum absolute atomic E-state index is 0.0280. The third kappa shape index (κ3) is 4.50. The second-order valence-electron chi connectivity index (χ2n) is 9.67. The Morgan fingerprint density at radius 3 is 2.43 bits per heavy atom. The standard InChI is InChI=1S/C28H27Cl2N3O4/c1-27(36,17-32-13-3-4-25(32)34)19-7-12-24-23(14-19)26(35)33(16-22-11-10-21(30)15-31-22)28(24,37-2)18-5-8-20(29)9-6-18/h5-12,14-15,36H,3-4,13,16-17H2,1-2H3/t27?,28-/m1/s1. The first-order chi connectivity index (χ1) is 17.7. The van der Waals surface area contributed by atoms with Gasteiger partial charge >= 0.3 is 0 Å². The molecule has 3 heterocycles. The molecule has 2 aliphatic rings. The van der Waals surface area contributed by atoms with Gasteiger partial charge in [-0.1, -0.05) is 47.5 Å². The number of ether oxygens (including phenoxy) is 1. The second-order valence-corrected chi connectivity index (χ2v) is 10.5. The van der Waals surface area contributed by atoms with Crippen LogP contribution in [0.3, 0.4) is 0 Å². The molecule has 0 bridgehead atoms. The first-order valence-electron chi connectivity index (χ1n) is 12.0. The first-order valence-corrected chi connectivity index (χ1v) is 12.8. The summed E-state index contributed by atoms with van der Waals surface area (Å²) >= 11 is 12.2. The van der Waals surface area contributed by atoms with E-state index in [9.17, 15) is 14.7 Å². The number of aromatic nitrogens is 1. The third-order valence-electron chi connectivity index (χ3n) is 7.17. The van der Waals surface area contributed by atoms with Crippen molar-refractivity contribution in [2.24, 2.45) is 0 Å². The van der Waals surface area contributed by atoms with Crippen molar-refractivity contribution >= 4 is 35.0 Å². The number of rotatable bonds is 7. The van der Waals surface area contributed by atoms with Gasteiger partial charge in [-0.25, -0.2) is 0 Å². The number of β-amino-alcohol motifs (C(OH)–C–C–N with tert-alkyl or cyclic N) is 1. The normalized spacial score (nSPS) is 20.9. The number of aliphatic hydroxyl groups is 1. The molecule has 1 saturated heterocycles. The lowest BCUT2D eigenvalue weighted by Gasteiger charge is -2.38. The minimum atomic E-state index is -1.34. The van der Waals surface area contributed by atoms with Crippen LogP contribution >= 0.6 is 23.2 Å². The summed E-state index contributed by atoms with van der Waals surface area (Å²) < 4.78 is 6.17. The monoisotopic (exact) mass is 539 g/mol. The number of methoxy groups -OCH3 is 1. The highest BCUT2D eigenvalue weighted by Crippen LogP contribution is 2.46. The third-order valence-corrected chi connectivity index (χ3v) is 7.65. The Bertz CT molecular complexity index is 1340. The van der Waals surface area contributed by atoms with E-state index in [4.69, 9.17) is 27.9 Å². The van der Waals surface area contributed by atoms with Crippen molar-refractivity contribution < 1.29 is 19.4 Å². The number of hydrogen-bond acceptors (Lipinski definition) is 5. The van der Waals surface area contributed by atoms with E-state index in [0.29, 0.717) is 45.4 Å². The molecule has 192 valence electrons. The van der Waals surface area contributed by atoms with Crippen molar-refractivity contribution in [1.82, 2.24) is 14.8 Å². The van der Waals surface area contributed by atoms with Crippen LogP contribution in [0.5, 0.6) is 0 Å². The highest BCUT2D eigenvalue weighted by Gasteiger charge is 2.52. The lowest BCUT2D eigenvalue weighted by Crippen LogP contribution is -2.45. The van der Waals surface area contributed by atoms with Crippen LogP contribution in [-0.4, -0.2) is 51.9 Å². The molecular formula is C28H27Cl2N3O4. The Morgan fingerprint density at radius 1 is 1.08 bits per heavy atom. The number of hydrogen-bond donors (Lipinski definition) is 1. The summed E-state index contributed by atoms with van der Waals surface area (Å²) in [5.41, 5.74) is 0.393. The number of fused-ring (bicyclic) bond motifs is 1. The van der Waals surface area contributed by atoms with Crippen LogP contribution in [0.2, 0.25) is 10.0 Å². The molecule has 1 fully saturated rings. The summed E-state index contributed by atoms with van der Waals surface area (Å²) in [6, 6.07) is 16.0. The fraction of sp³-hybridized carbons (Fsp3) is 0.321. The average molecular weight is 540 g/mol. The average Bonchev–Trinajstić information content (AvgIpc) is 3.39. The molecule has 2 amide bonds. The van der Waals surface area contributed by atoms with Gasteiger partial charge in [0, 0.05) is 48.0 Å². The van der Waals surface area contributed by atoms with Crippen molar-refractivity contribution in [1.29, 1.82) is 0 Å². The number of pyridine rings is 1. The summed E-state index contributed by atoms with van der Waals surface area (Å²) in [7, 11) is 1.56. The maximum atomic E-state index is 14.0. The number of nitrogens with zero attached hydrogens (tertiary/aromatic N) is 3. The molecule has 0 saturated carbocycles. The van der Waals surface area contributed by atoms with E-state index < -0.39 is 11.3 Å². The Kier molecular flexibility index (Phi) is 6.75. The molecular weight excluding hydrogens is 513 g/mol. The smallest absolute Gasteiger partial charge is 0.257 e. The van der Waals surface area contributed by atoms with Gasteiger partial charge in [-0.05, 0) is 49.2 Å². The van der Waals surface area contributed by atoms with Gasteiger partial charge in [-0.2, -0.15) is 0 Å². The SMILES string of the molecule is CO[C@]1(c2ccc(Cl)cc2)c2ccc(C(C)(O)CN3CCCC3=O)cc2C(=O)N1Cc1ccc(Cl)cn1. The molecule has 37 heavy (non-hydrogen) atoms. The van der Waals surface area contributed by atoms with E-state index in [1.54, 1.807) is 60.2 Å². The number of carbonyl (C=O) groups is 2. The van der Waals surface area contributed by atoms with Crippen LogP contribution in [0.4, 0.5) is 0 Å². The number of likely N-dealkylation sites (tertiary alicyclic amines) is 1. The maximum absolute atomic E-state index is 14.0. The maximum Gasteiger partial charge on any atom is 0.257 e. The first kappa shape index (κ1) is 25.7. The van der Waals surface area contributed by atoms with Crippen molar-refractivity contribution in [2.45, 2.75) is 37.6 Å². The molecule has 0 aliphatic carbocycles. The summed E-state index contributed by atoms with van der Waals surface area (Å²) in [4.78, 5) is 33.8. The molecule has 2 atom stereocenters. The highest BCUT2D eigenvalue weighted by atomic mass is 35.5. The van der Waals surface area contributed by atoms with E-state index in [-0.39, 0.29) is 24.9 Å². The van der Waals surface area contributed by atoms with Gasteiger partial charge in [0.2, 0.25) is 5.91 Å². The van der Waals surface area contributed by atoms with Crippen LogP contribution in [0.25, 0.3) is 0 Å². The summed E-state index contributed by atoms with van der Waals surface area (Å²) in [6.45, 7) is 2.60. The largest absolute Gasteiger partial charge is 0.384 e. The van der Waals surface area contributed by atoms with Gasteiger partial charge in [0.15, 0.2) is 5.72 Å². The van der Waals surface area contributed by atoms with Crippen molar-refractivity contribution in [3.63, 3.8) is 0 Å². The van der Waals surface area contributed by atoms with E-state index in [0.717, 1.165) is 12.0 Å². The molecule has 2 aliphatic heterocycles. The van der Waals surface area contributed by atoms with Crippen LogP contribution in [-0.2, 0) is 27.4 Å². The molecule has 3 aromatic rings. The second kappa shape index (κ2) is 9.72. The molecule has 0 radical (unpaired) electrons. The zero-order chi connectivity index (χ0) is 26.4. The lowest BCUT2D eigenvalue weighted by atomic mass is 9.88. The van der Waals surface area contributed by atoms with Crippen molar-refractivity contribution in [3.05, 3.63) is 98.8 Å². The zero-order valence-corrected chi connectivity index (χ0v) is 22.1. The van der Waals surface area contributed by atoms with E-state index >= 15 is 0 Å². The van der Waals surface area contributed by atoms with Gasteiger partial charge in [-0.15, -0.1) is 0 Å². The number of amides is 2. The van der Waals surface area contributed by atoms with Gasteiger partial charge in [0.25, 0.3) is 5.91 Å². The lowest BCUT2D eigenvalue weighted by molar-refractivity contribution is -0.130. The van der Waals surface area contributed by atoms with Crippen molar-refractivity contribution in [2.75, 3.05) is 20.2 Å². The topological polar surface area (TPSA) is 83.0 Å². The highest BCUT2D eigenvalue weighted by molar-refractivity contribution is 6.30. The number of carbonyl (C=O) groups excluding carboxylic acids is 2. The summed E-state index contributed by atoms with van der Waals surface area (Å²) in [5, 5.41) is 12.4. The van der Waals surface area contributed by atoms with Crippen molar-refractivity contribution in [3.8, 4) is 0 Å². The van der Waals surface area contributed by atoms with Crippen LogP contribution in [0.1, 0.15) is 52.5 Å². The molecule has 2 aromatic carbocycles. The molecule has 0 spiro atoms. The Balaban J connectivity index is 1.60. The van der Waals surface area contributed by atoms with Gasteiger partial charge in [-0.3, -0.25) is 19.5 Å². The predicted octanol–water partition coefficient (Wildman–Crippen LogP) is 4.72. The molecule has 9 heteroatoms. The fourth-order valence-electron chi connectivity index (χ4n) is 5.29. The van der Waals surface area contributed by atoms with E-state index in [1.165, 1.54) is 6.20 Å². The zero-order valence-electron chi connectivity index (χ0n) is 20.6. The van der Waals surface area contributed by atoms with E-state index in [2.05, 4.69) is 4.98 Å². The Labute approximate surface area is 225 Å². The Morgan fingerprint density at radius 2 is 1.81 bits per heavy atom. The van der Waals surface area contributed by atoms with Crippen LogP contribution in [0.15, 0.2) is 60.8 Å². The Hall–Kier alpha value is -2.97. The molecule has 5 rings (SSSR count). The quantitative estimate of drug-likeness (QED) is 0.469. The van der Waals surface area contributed by atoms with Crippen LogP contribution < -0.4 is 0 Å². The summed E-state index contributed by atoms with van der Waals surface area (Å²) in [6.07, 6.45) is 2.81. The molecule has 1 aromatic heterocycles. The van der Waals surface area contributed by atoms with Gasteiger partial charge in [0.1, 0.15) is 5.60 Å². The van der Waals surface area contributed by atoms with Crippen LogP contribution in [0, 0.1) is 0 Å².